The summed E-state index contributed by atoms with van der Waals surface area (Å²) in [5.74, 6) is 0.873. The lowest BCUT2D eigenvalue weighted by molar-refractivity contribution is 0.0952. The number of ether oxygens (including phenoxy) is 2. The third-order valence-electron chi connectivity index (χ3n) is 5.35. The highest BCUT2D eigenvalue weighted by molar-refractivity contribution is 7.89. The minimum Gasteiger partial charge on any atom is -0.493 e. The van der Waals surface area contributed by atoms with Crippen molar-refractivity contribution >= 4 is 26.8 Å². The van der Waals surface area contributed by atoms with Gasteiger partial charge in [-0.05, 0) is 48.0 Å². The summed E-state index contributed by atoms with van der Waals surface area (Å²) >= 11 is 0. The zero-order chi connectivity index (χ0) is 24.3. The highest BCUT2D eigenvalue weighted by atomic mass is 32.2. The number of para-hydroxylation sites is 1. The van der Waals surface area contributed by atoms with Crippen molar-refractivity contribution in [3.8, 4) is 22.8 Å². The van der Waals surface area contributed by atoms with Gasteiger partial charge in [0.15, 0.2) is 11.5 Å². The standard InChI is InChI=1S/C25H23N3O5S/c1-32-23-12-9-17(13-24(23)33-2)22-14-20(19-5-3-4-6-21(19)28-22)25(29)27-15-16-7-10-18(11-8-16)34(26,30)31/h3-14H,15H2,1-2H3,(H,27,29)(H2,26,30,31). The molecular formula is C25H23N3O5S. The number of hydrogen-bond donors (Lipinski definition) is 2. The Labute approximate surface area is 197 Å². The molecule has 0 aliphatic carbocycles. The number of rotatable bonds is 7. The number of methoxy groups -OCH3 is 2. The Morgan fingerprint density at radius 3 is 2.32 bits per heavy atom. The second-order valence-electron chi connectivity index (χ2n) is 7.51. The lowest BCUT2D eigenvalue weighted by Gasteiger charge is -2.13. The van der Waals surface area contributed by atoms with E-state index in [4.69, 9.17) is 19.6 Å². The number of primary sulfonamides is 1. The lowest BCUT2D eigenvalue weighted by atomic mass is 10.0. The fraction of sp³-hybridized carbons (Fsp3) is 0.120. The smallest absolute Gasteiger partial charge is 0.252 e. The Hall–Kier alpha value is -3.95. The van der Waals surface area contributed by atoms with Crippen LogP contribution in [0.1, 0.15) is 15.9 Å². The summed E-state index contributed by atoms with van der Waals surface area (Å²) in [5.41, 5.74) is 3.27. The van der Waals surface area contributed by atoms with Crippen molar-refractivity contribution < 1.29 is 22.7 Å². The summed E-state index contributed by atoms with van der Waals surface area (Å²) < 4.78 is 33.6. The van der Waals surface area contributed by atoms with E-state index >= 15 is 0 Å². The zero-order valence-electron chi connectivity index (χ0n) is 18.6. The van der Waals surface area contributed by atoms with Gasteiger partial charge in [0.05, 0.1) is 35.9 Å². The van der Waals surface area contributed by atoms with Crippen LogP contribution in [0.2, 0.25) is 0 Å². The van der Waals surface area contributed by atoms with Crippen LogP contribution in [0.4, 0.5) is 0 Å². The molecule has 1 aromatic heterocycles. The molecule has 9 heteroatoms. The number of sulfonamides is 1. The van der Waals surface area contributed by atoms with E-state index in [0.717, 1.165) is 11.1 Å². The minimum atomic E-state index is -3.77. The molecule has 0 atom stereocenters. The van der Waals surface area contributed by atoms with Gasteiger partial charge in [-0.3, -0.25) is 4.79 Å². The molecule has 8 nitrogen and oxygen atoms in total. The van der Waals surface area contributed by atoms with E-state index < -0.39 is 10.0 Å². The van der Waals surface area contributed by atoms with Crippen molar-refractivity contribution in [3.05, 3.63) is 83.9 Å². The molecule has 0 bridgehead atoms. The van der Waals surface area contributed by atoms with Gasteiger partial charge in [0.2, 0.25) is 10.0 Å². The first-order chi connectivity index (χ1) is 16.3. The molecule has 3 N–H and O–H groups in total. The van der Waals surface area contributed by atoms with Crippen LogP contribution < -0.4 is 19.9 Å². The van der Waals surface area contributed by atoms with E-state index in [0.29, 0.717) is 33.7 Å². The summed E-state index contributed by atoms with van der Waals surface area (Å²) in [7, 11) is -0.644. The van der Waals surface area contributed by atoms with Crippen LogP contribution in [0.15, 0.2) is 77.7 Å². The van der Waals surface area contributed by atoms with E-state index in [1.807, 2.05) is 36.4 Å². The number of nitrogens with two attached hydrogens (primary N) is 1. The number of benzene rings is 3. The first kappa shape index (κ1) is 23.2. The molecule has 0 unspecified atom stereocenters. The normalized spacial score (nSPS) is 11.3. The number of carbonyl (C=O) groups is 1. The van der Waals surface area contributed by atoms with Crippen molar-refractivity contribution in [2.45, 2.75) is 11.4 Å². The molecule has 1 heterocycles. The molecule has 0 aliphatic heterocycles. The van der Waals surface area contributed by atoms with Crippen molar-refractivity contribution in [2.24, 2.45) is 5.14 Å². The van der Waals surface area contributed by atoms with Crippen molar-refractivity contribution in [1.29, 1.82) is 0 Å². The molecule has 3 aromatic carbocycles. The Bertz CT molecular complexity index is 1470. The Kier molecular flexibility index (Phi) is 6.49. The second kappa shape index (κ2) is 9.50. The summed E-state index contributed by atoms with van der Waals surface area (Å²) in [5, 5.41) is 8.75. The highest BCUT2D eigenvalue weighted by Crippen LogP contribution is 2.33. The first-order valence-corrected chi connectivity index (χ1v) is 11.9. The van der Waals surface area contributed by atoms with E-state index in [2.05, 4.69) is 5.32 Å². The molecule has 34 heavy (non-hydrogen) atoms. The quantitative estimate of drug-likeness (QED) is 0.420. The molecule has 0 fully saturated rings. The first-order valence-electron chi connectivity index (χ1n) is 10.3. The Morgan fingerprint density at radius 1 is 0.941 bits per heavy atom. The molecule has 1 amide bonds. The molecule has 0 saturated heterocycles. The van der Waals surface area contributed by atoms with Crippen molar-refractivity contribution in [1.82, 2.24) is 10.3 Å². The highest BCUT2D eigenvalue weighted by Gasteiger charge is 2.15. The topological polar surface area (TPSA) is 121 Å². The maximum atomic E-state index is 13.2. The average Bonchev–Trinajstić information content (AvgIpc) is 2.85. The van der Waals surface area contributed by atoms with Gasteiger partial charge in [0.1, 0.15) is 0 Å². The van der Waals surface area contributed by atoms with Gasteiger partial charge in [-0.25, -0.2) is 18.5 Å². The number of hydrogen-bond acceptors (Lipinski definition) is 6. The molecule has 0 radical (unpaired) electrons. The van der Waals surface area contributed by atoms with Gasteiger partial charge < -0.3 is 14.8 Å². The van der Waals surface area contributed by atoms with Gasteiger partial charge in [-0.15, -0.1) is 0 Å². The largest absolute Gasteiger partial charge is 0.493 e. The SMILES string of the molecule is COc1ccc(-c2cc(C(=O)NCc3ccc(S(N)(=O)=O)cc3)c3ccccc3n2)cc1OC. The van der Waals surface area contributed by atoms with Gasteiger partial charge in [-0.1, -0.05) is 30.3 Å². The number of amides is 1. The van der Waals surface area contributed by atoms with Gasteiger partial charge in [-0.2, -0.15) is 0 Å². The molecule has 0 aliphatic rings. The van der Waals surface area contributed by atoms with Crippen LogP contribution in [0.25, 0.3) is 22.2 Å². The van der Waals surface area contributed by atoms with Crippen LogP contribution in [0, 0.1) is 0 Å². The van der Waals surface area contributed by atoms with E-state index in [1.165, 1.54) is 12.1 Å². The van der Waals surface area contributed by atoms with E-state index in [1.54, 1.807) is 38.5 Å². The number of nitrogens with zero attached hydrogens (tertiary/aromatic N) is 1. The lowest BCUT2D eigenvalue weighted by Crippen LogP contribution is -2.23. The summed E-state index contributed by atoms with van der Waals surface area (Å²) in [4.78, 5) is 17.9. The van der Waals surface area contributed by atoms with E-state index in [-0.39, 0.29) is 17.3 Å². The predicted octanol–water partition coefficient (Wildman–Crippen LogP) is 3.50. The number of nitrogens with one attached hydrogen (secondary N) is 1. The van der Waals surface area contributed by atoms with Crippen LogP contribution in [-0.2, 0) is 16.6 Å². The summed E-state index contributed by atoms with van der Waals surface area (Å²) in [6.07, 6.45) is 0. The number of pyridine rings is 1. The van der Waals surface area contributed by atoms with Gasteiger partial charge >= 0.3 is 0 Å². The number of aromatic nitrogens is 1. The average molecular weight is 478 g/mol. The fourth-order valence-corrected chi connectivity index (χ4v) is 4.10. The second-order valence-corrected chi connectivity index (χ2v) is 9.08. The number of carbonyl (C=O) groups excluding carboxylic acids is 1. The van der Waals surface area contributed by atoms with Crippen molar-refractivity contribution in [3.63, 3.8) is 0 Å². The maximum Gasteiger partial charge on any atom is 0.252 e. The summed E-state index contributed by atoms with van der Waals surface area (Å²) in [6.45, 7) is 0.214. The van der Waals surface area contributed by atoms with Gasteiger partial charge in [0.25, 0.3) is 5.91 Å². The Morgan fingerprint density at radius 2 is 1.65 bits per heavy atom. The fourth-order valence-electron chi connectivity index (χ4n) is 3.58. The van der Waals surface area contributed by atoms with Crippen LogP contribution in [-0.4, -0.2) is 33.5 Å². The van der Waals surface area contributed by atoms with E-state index in [9.17, 15) is 13.2 Å². The third-order valence-corrected chi connectivity index (χ3v) is 6.27. The third kappa shape index (κ3) is 4.85. The van der Waals surface area contributed by atoms with Crippen LogP contribution >= 0.6 is 0 Å². The molecule has 0 saturated carbocycles. The molecule has 0 spiro atoms. The molecular weight excluding hydrogens is 454 g/mol. The number of fused-ring (bicyclic) bond motifs is 1. The van der Waals surface area contributed by atoms with Crippen molar-refractivity contribution in [2.75, 3.05) is 14.2 Å². The molecule has 4 rings (SSSR count). The monoisotopic (exact) mass is 477 g/mol. The Balaban J connectivity index is 1.66. The zero-order valence-corrected chi connectivity index (χ0v) is 19.4. The molecule has 4 aromatic rings. The van der Waals surface area contributed by atoms with Crippen LogP contribution in [0.5, 0.6) is 11.5 Å². The molecule has 174 valence electrons. The van der Waals surface area contributed by atoms with Gasteiger partial charge in [0, 0.05) is 17.5 Å². The summed E-state index contributed by atoms with van der Waals surface area (Å²) in [6, 6.07) is 20.6. The van der Waals surface area contributed by atoms with Crippen LogP contribution in [0.3, 0.4) is 0 Å². The maximum absolute atomic E-state index is 13.2. The predicted molar refractivity (Wildman–Crippen MR) is 129 cm³/mol. The minimum absolute atomic E-state index is 0.0160.